The van der Waals surface area contributed by atoms with Crippen molar-refractivity contribution in [2.75, 3.05) is 5.32 Å². The van der Waals surface area contributed by atoms with Gasteiger partial charge in [-0.05, 0) is 31.2 Å². The van der Waals surface area contributed by atoms with Crippen molar-refractivity contribution in [3.63, 3.8) is 0 Å². The molecule has 4 rings (SSSR count). The van der Waals surface area contributed by atoms with Crippen LogP contribution < -0.4 is 15.8 Å². The van der Waals surface area contributed by atoms with E-state index in [1.54, 1.807) is 19.1 Å². The minimum absolute atomic E-state index is 0.0909. The van der Waals surface area contributed by atoms with E-state index in [0.717, 1.165) is 12.1 Å². The molecule has 0 saturated carbocycles. The first kappa shape index (κ1) is 17.7. The van der Waals surface area contributed by atoms with Crippen LogP contribution in [0.1, 0.15) is 24.5 Å². The molecule has 1 amide bonds. The van der Waals surface area contributed by atoms with E-state index in [2.05, 4.69) is 15.4 Å². The molecule has 0 fully saturated rings. The maximum absolute atomic E-state index is 13.7. The minimum atomic E-state index is -0.813. The zero-order valence-electron chi connectivity index (χ0n) is 14.6. The first-order valence-corrected chi connectivity index (χ1v) is 8.27. The number of hydrogen-bond donors (Lipinski definition) is 2. The Morgan fingerprint density at radius 3 is 2.93 bits per heavy atom. The second kappa shape index (κ2) is 6.80. The van der Waals surface area contributed by atoms with Crippen LogP contribution in [0.25, 0.3) is 0 Å². The molecule has 1 aliphatic heterocycles. The van der Waals surface area contributed by atoms with Gasteiger partial charge in [0.15, 0.2) is 11.6 Å². The minimum Gasteiger partial charge on any atom is -0.483 e. The number of nitrogens with one attached hydrogen (secondary N) is 1. The SMILES string of the molecule is CC1=C(C(N)=O)[C@H](c2ccc(COc3ccc(F)cc3F)o2)n2ncnc2N1. The largest absolute Gasteiger partial charge is 0.483 e. The van der Waals surface area contributed by atoms with Gasteiger partial charge in [0.25, 0.3) is 0 Å². The number of amides is 1. The van der Waals surface area contributed by atoms with Gasteiger partial charge in [-0.1, -0.05) is 0 Å². The number of allylic oxidation sites excluding steroid dienone is 1. The van der Waals surface area contributed by atoms with E-state index in [1.165, 1.54) is 17.1 Å². The molecule has 3 heterocycles. The fraction of sp³-hybridized carbons (Fsp3) is 0.167. The Hall–Kier alpha value is -3.69. The quantitative estimate of drug-likeness (QED) is 0.696. The summed E-state index contributed by atoms with van der Waals surface area (Å²) in [6.45, 7) is 1.61. The Morgan fingerprint density at radius 2 is 2.18 bits per heavy atom. The zero-order chi connectivity index (χ0) is 19.8. The Morgan fingerprint density at radius 1 is 1.36 bits per heavy atom. The lowest BCUT2D eigenvalue weighted by atomic mass is 10.0. The molecule has 0 aliphatic carbocycles. The van der Waals surface area contributed by atoms with E-state index in [1.807, 2.05) is 0 Å². The van der Waals surface area contributed by atoms with Gasteiger partial charge in [0.2, 0.25) is 11.9 Å². The molecule has 144 valence electrons. The number of primary amides is 1. The Bertz CT molecular complexity index is 1090. The molecular weight excluding hydrogens is 372 g/mol. The van der Waals surface area contributed by atoms with Crippen LogP contribution in [-0.4, -0.2) is 20.7 Å². The molecule has 10 heteroatoms. The van der Waals surface area contributed by atoms with Crippen molar-refractivity contribution in [1.82, 2.24) is 14.8 Å². The molecular formula is C18H15F2N5O3. The molecule has 8 nitrogen and oxygen atoms in total. The van der Waals surface area contributed by atoms with Gasteiger partial charge < -0.3 is 20.2 Å². The van der Waals surface area contributed by atoms with Gasteiger partial charge in [-0.15, -0.1) is 0 Å². The highest BCUT2D eigenvalue weighted by Crippen LogP contribution is 2.35. The number of nitrogens with zero attached hydrogens (tertiary/aromatic N) is 3. The van der Waals surface area contributed by atoms with Crippen molar-refractivity contribution >= 4 is 11.9 Å². The van der Waals surface area contributed by atoms with Gasteiger partial charge >= 0.3 is 0 Å². The summed E-state index contributed by atoms with van der Waals surface area (Å²) in [7, 11) is 0. The van der Waals surface area contributed by atoms with Gasteiger partial charge in [0.1, 0.15) is 36.3 Å². The lowest BCUT2D eigenvalue weighted by Gasteiger charge is -2.25. The summed E-state index contributed by atoms with van der Waals surface area (Å²) in [6.07, 6.45) is 1.34. The highest BCUT2D eigenvalue weighted by atomic mass is 19.1. The van der Waals surface area contributed by atoms with E-state index < -0.39 is 23.6 Å². The van der Waals surface area contributed by atoms with Crippen LogP contribution in [0, 0.1) is 11.6 Å². The average Bonchev–Trinajstić information content (AvgIpc) is 3.28. The first-order chi connectivity index (χ1) is 13.4. The summed E-state index contributed by atoms with van der Waals surface area (Å²) in [5, 5.41) is 7.09. The van der Waals surface area contributed by atoms with Crippen LogP contribution in [0.4, 0.5) is 14.7 Å². The second-order valence-electron chi connectivity index (χ2n) is 6.13. The van der Waals surface area contributed by atoms with Crippen LogP contribution in [0.5, 0.6) is 5.75 Å². The molecule has 1 atom stereocenters. The van der Waals surface area contributed by atoms with Crippen LogP contribution in [0.2, 0.25) is 0 Å². The van der Waals surface area contributed by atoms with Crippen molar-refractivity contribution in [2.45, 2.75) is 19.6 Å². The monoisotopic (exact) mass is 387 g/mol. The summed E-state index contributed by atoms with van der Waals surface area (Å²) < 4.78 is 39.3. The van der Waals surface area contributed by atoms with Crippen molar-refractivity contribution in [3.05, 3.63) is 71.1 Å². The van der Waals surface area contributed by atoms with Gasteiger partial charge in [-0.3, -0.25) is 4.79 Å². The van der Waals surface area contributed by atoms with Crippen molar-refractivity contribution in [3.8, 4) is 5.75 Å². The number of benzene rings is 1. The number of nitrogens with two attached hydrogens (primary N) is 1. The maximum atomic E-state index is 13.7. The van der Waals surface area contributed by atoms with Crippen molar-refractivity contribution < 1.29 is 22.7 Å². The maximum Gasteiger partial charge on any atom is 0.249 e. The number of anilines is 1. The summed E-state index contributed by atoms with van der Waals surface area (Å²) in [5.41, 5.74) is 6.37. The highest BCUT2D eigenvalue weighted by Gasteiger charge is 2.34. The van der Waals surface area contributed by atoms with E-state index in [4.69, 9.17) is 14.9 Å². The number of fused-ring (bicyclic) bond motifs is 1. The smallest absolute Gasteiger partial charge is 0.249 e. The molecule has 2 aromatic heterocycles. The van der Waals surface area contributed by atoms with E-state index >= 15 is 0 Å². The van der Waals surface area contributed by atoms with Gasteiger partial charge in [-0.25, -0.2) is 13.5 Å². The van der Waals surface area contributed by atoms with Crippen LogP contribution in [0.3, 0.4) is 0 Å². The number of halogens is 2. The van der Waals surface area contributed by atoms with Crippen LogP contribution >= 0.6 is 0 Å². The molecule has 1 aliphatic rings. The molecule has 3 N–H and O–H groups in total. The lowest BCUT2D eigenvalue weighted by molar-refractivity contribution is -0.115. The molecule has 0 radical (unpaired) electrons. The molecule has 0 spiro atoms. The van der Waals surface area contributed by atoms with E-state index in [0.29, 0.717) is 23.2 Å². The molecule has 0 unspecified atom stereocenters. The van der Waals surface area contributed by atoms with Crippen LogP contribution in [-0.2, 0) is 11.4 Å². The predicted octanol–water partition coefficient (Wildman–Crippen LogP) is 2.50. The molecule has 28 heavy (non-hydrogen) atoms. The summed E-state index contributed by atoms with van der Waals surface area (Å²) in [5.74, 6) is -1.03. The number of carbonyl (C=O) groups excluding carboxylic acids is 1. The average molecular weight is 387 g/mol. The van der Waals surface area contributed by atoms with Crippen LogP contribution in [0.15, 0.2) is 52.3 Å². The van der Waals surface area contributed by atoms with Gasteiger partial charge in [0, 0.05) is 11.8 Å². The number of furan rings is 1. The number of ether oxygens (including phenoxy) is 1. The third kappa shape index (κ3) is 3.08. The zero-order valence-corrected chi connectivity index (χ0v) is 14.6. The molecule has 3 aromatic rings. The Balaban J connectivity index is 1.60. The first-order valence-electron chi connectivity index (χ1n) is 8.27. The normalized spacial score (nSPS) is 15.9. The van der Waals surface area contributed by atoms with Crippen molar-refractivity contribution in [2.24, 2.45) is 5.73 Å². The third-order valence-electron chi connectivity index (χ3n) is 4.28. The third-order valence-corrected chi connectivity index (χ3v) is 4.28. The Labute approximate surface area is 157 Å². The summed E-state index contributed by atoms with van der Waals surface area (Å²) >= 11 is 0. The topological polar surface area (TPSA) is 108 Å². The van der Waals surface area contributed by atoms with Gasteiger partial charge in [-0.2, -0.15) is 10.1 Å². The number of hydrogen-bond acceptors (Lipinski definition) is 6. The fourth-order valence-corrected chi connectivity index (χ4v) is 3.03. The summed E-state index contributed by atoms with van der Waals surface area (Å²) in [6, 6.07) is 5.60. The lowest BCUT2D eigenvalue weighted by Crippen LogP contribution is -2.31. The fourth-order valence-electron chi connectivity index (χ4n) is 3.03. The van der Waals surface area contributed by atoms with Crippen molar-refractivity contribution in [1.29, 1.82) is 0 Å². The molecule has 0 bridgehead atoms. The summed E-state index contributed by atoms with van der Waals surface area (Å²) in [4.78, 5) is 16.1. The number of aromatic nitrogens is 3. The van der Waals surface area contributed by atoms with E-state index in [-0.39, 0.29) is 17.9 Å². The number of carbonyl (C=O) groups is 1. The molecule has 0 saturated heterocycles. The predicted molar refractivity (Wildman–Crippen MR) is 93.1 cm³/mol. The molecule has 1 aromatic carbocycles. The highest BCUT2D eigenvalue weighted by molar-refractivity contribution is 5.95. The second-order valence-corrected chi connectivity index (χ2v) is 6.13. The van der Waals surface area contributed by atoms with Gasteiger partial charge in [0.05, 0.1) is 5.57 Å². The Kier molecular flexibility index (Phi) is 4.30. The standard InChI is InChI=1S/C18H15F2N5O3/c1-9-15(17(21)26)16(25-18(24-9)22-8-23-25)14-5-3-11(28-14)7-27-13-4-2-10(19)6-12(13)20/h2-6,8,16H,7H2,1H3,(H2,21,26)(H,22,23,24)/t16-/m0/s1. The number of rotatable bonds is 5. The van der Waals surface area contributed by atoms with E-state index in [9.17, 15) is 13.6 Å².